The van der Waals surface area contributed by atoms with Crippen LogP contribution < -0.4 is 10.5 Å². The maximum atomic E-state index is 14.3. The number of benzene rings is 1. The number of halogens is 4. The monoisotopic (exact) mass is 380 g/mol. The molecule has 8 heteroatoms. The first-order valence-electron chi connectivity index (χ1n) is 8.18. The van der Waals surface area contributed by atoms with Crippen molar-refractivity contribution in [3.05, 3.63) is 53.9 Å². The van der Waals surface area contributed by atoms with Crippen LogP contribution in [0.4, 0.5) is 22.4 Å². The van der Waals surface area contributed by atoms with Crippen molar-refractivity contribution in [3.8, 4) is 16.9 Å². The number of pyridine rings is 1. The maximum absolute atomic E-state index is 14.3. The number of carbonyl (C=O) groups excluding carboxylic acids is 1. The van der Waals surface area contributed by atoms with Gasteiger partial charge in [-0.15, -0.1) is 0 Å². The molecular formula is C19H16F4N2O2. The van der Waals surface area contributed by atoms with Gasteiger partial charge in [0.1, 0.15) is 17.3 Å². The molecule has 2 N–H and O–H groups in total. The summed E-state index contributed by atoms with van der Waals surface area (Å²) >= 11 is 0. The number of hydrogen-bond donors (Lipinski definition) is 1. The zero-order valence-corrected chi connectivity index (χ0v) is 14.3. The van der Waals surface area contributed by atoms with Gasteiger partial charge in [0, 0.05) is 30.2 Å². The molecule has 0 radical (unpaired) electrons. The van der Waals surface area contributed by atoms with Gasteiger partial charge in [0.15, 0.2) is 5.75 Å². The van der Waals surface area contributed by atoms with Crippen molar-refractivity contribution in [2.24, 2.45) is 11.7 Å². The number of alkyl halides is 2. The van der Waals surface area contributed by atoms with Crippen LogP contribution in [0.25, 0.3) is 16.7 Å². The zero-order chi connectivity index (χ0) is 19.8. The molecule has 142 valence electrons. The minimum Gasteiger partial charge on any atom is -0.407 e. The molecule has 1 aliphatic carbocycles. The standard InChI is InChI=1S/C19H16F4N2O2/c1-10-9-19(22,23)6-4-12(10)16-17(27-18(24)26)13(5-7-25-16)14-8-11(20)2-3-15(14)21/h2-5,7-8,10H,6,9H2,1H3,(H2,24,26). The highest BCUT2D eigenvalue weighted by Crippen LogP contribution is 2.44. The van der Waals surface area contributed by atoms with E-state index in [1.54, 1.807) is 6.92 Å². The van der Waals surface area contributed by atoms with E-state index in [2.05, 4.69) is 4.98 Å². The lowest BCUT2D eigenvalue weighted by Gasteiger charge is -2.28. The van der Waals surface area contributed by atoms with Gasteiger partial charge < -0.3 is 10.5 Å². The van der Waals surface area contributed by atoms with Crippen molar-refractivity contribution in [2.75, 3.05) is 0 Å². The minimum atomic E-state index is -2.85. The van der Waals surface area contributed by atoms with E-state index in [1.165, 1.54) is 18.3 Å². The predicted octanol–water partition coefficient (Wildman–Crippen LogP) is 4.93. The number of aromatic nitrogens is 1. The number of hydrogen-bond acceptors (Lipinski definition) is 3. The second kappa shape index (κ2) is 7.02. The van der Waals surface area contributed by atoms with Crippen LogP contribution in [0.15, 0.2) is 36.5 Å². The van der Waals surface area contributed by atoms with Crippen LogP contribution in [0.1, 0.15) is 25.5 Å². The van der Waals surface area contributed by atoms with Crippen LogP contribution in [-0.2, 0) is 0 Å². The largest absolute Gasteiger partial charge is 0.410 e. The van der Waals surface area contributed by atoms with Crippen LogP contribution in [-0.4, -0.2) is 17.0 Å². The van der Waals surface area contributed by atoms with Crippen molar-refractivity contribution in [3.63, 3.8) is 0 Å². The third kappa shape index (κ3) is 3.94. The summed E-state index contributed by atoms with van der Waals surface area (Å²) in [5.41, 5.74) is 5.52. The number of ether oxygens (including phenoxy) is 1. The third-order valence-electron chi connectivity index (χ3n) is 4.36. The Balaban J connectivity index is 2.20. The van der Waals surface area contributed by atoms with Gasteiger partial charge in [-0.3, -0.25) is 4.98 Å². The van der Waals surface area contributed by atoms with Crippen LogP contribution in [0.3, 0.4) is 0 Å². The molecule has 0 fully saturated rings. The third-order valence-corrected chi connectivity index (χ3v) is 4.36. The molecule has 0 aliphatic heterocycles. The van der Waals surface area contributed by atoms with Gasteiger partial charge in [-0.25, -0.2) is 22.4 Å². The van der Waals surface area contributed by atoms with Crippen molar-refractivity contribution in [2.45, 2.75) is 25.7 Å². The van der Waals surface area contributed by atoms with E-state index in [9.17, 15) is 22.4 Å². The fourth-order valence-corrected chi connectivity index (χ4v) is 3.21. The van der Waals surface area contributed by atoms with E-state index < -0.39 is 42.4 Å². The van der Waals surface area contributed by atoms with Gasteiger partial charge in [-0.2, -0.15) is 0 Å². The lowest BCUT2D eigenvalue weighted by molar-refractivity contribution is -0.0162. The molecule has 2 aromatic rings. The maximum Gasteiger partial charge on any atom is 0.410 e. The smallest absolute Gasteiger partial charge is 0.407 e. The predicted molar refractivity (Wildman–Crippen MR) is 91.1 cm³/mol. The molecule has 1 atom stereocenters. The fraction of sp³-hybridized carbons (Fsp3) is 0.263. The van der Waals surface area contributed by atoms with Gasteiger partial charge >= 0.3 is 6.09 Å². The first-order chi connectivity index (χ1) is 12.7. The summed E-state index contributed by atoms with van der Waals surface area (Å²) in [6.45, 7) is 1.59. The highest BCUT2D eigenvalue weighted by atomic mass is 19.3. The molecule has 1 amide bonds. The number of carbonyl (C=O) groups is 1. The van der Waals surface area contributed by atoms with Crippen LogP contribution in [0.5, 0.6) is 5.75 Å². The average Bonchev–Trinajstić information content (AvgIpc) is 2.57. The summed E-state index contributed by atoms with van der Waals surface area (Å²) < 4.78 is 60.2. The summed E-state index contributed by atoms with van der Waals surface area (Å²) in [7, 11) is 0. The molecule has 1 aliphatic rings. The van der Waals surface area contributed by atoms with Crippen molar-refractivity contribution < 1.29 is 27.1 Å². The molecule has 0 saturated carbocycles. The molecule has 27 heavy (non-hydrogen) atoms. The Morgan fingerprint density at radius 2 is 2.00 bits per heavy atom. The summed E-state index contributed by atoms with van der Waals surface area (Å²) in [4.78, 5) is 15.5. The number of nitrogens with zero attached hydrogens (tertiary/aromatic N) is 1. The van der Waals surface area contributed by atoms with Gasteiger partial charge in [-0.1, -0.05) is 13.0 Å². The van der Waals surface area contributed by atoms with Crippen LogP contribution >= 0.6 is 0 Å². The Hall–Kier alpha value is -2.90. The summed E-state index contributed by atoms with van der Waals surface area (Å²) in [6, 6.07) is 4.16. The molecule has 3 rings (SSSR count). The lowest BCUT2D eigenvalue weighted by atomic mass is 9.84. The molecule has 1 aromatic carbocycles. The molecule has 0 bridgehead atoms. The second-order valence-electron chi connectivity index (χ2n) is 6.41. The second-order valence-corrected chi connectivity index (χ2v) is 6.41. The average molecular weight is 380 g/mol. The molecule has 0 saturated heterocycles. The van der Waals surface area contributed by atoms with Gasteiger partial charge in [0.05, 0.1) is 0 Å². The molecule has 1 aromatic heterocycles. The Labute approximate surface area is 152 Å². The van der Waals surface area contributed by atoms with Gasteiger partial charge in [-0.05, 0) is 35.8 Å². The Bertz CT molecular complexity index is 928. The van der Waals surface area contributed by atoms with Crippen molar-refractivity contribution in [1.29, 1.82) is 0 Å². The van der Waals surface area contributed by atoms with E-state index in [1.807, 2.05) is 0 Å². The number of primary amides is 1. The molecule has 4 nitrogen and oxygen atoms in total. The Morgan fingerprint density at radius 1 is 1.26 bits per heavy atom. The van der Waals surface area contributed by atoms with E-state index >= 15 is 0 Å². The van der Waals surface area contributed by atoms with Gasteiger partial charge in [0.25, 0.3) is 5.92 Å². The topological polar surface area (TPSA) is 65.2 Å². The van der Waals surface area contributed by atoms with Crippen molar-refractivity contribution >= 4 is 11.7 Å². The molecule has 1 heterocycles. The van der Waals surface area contributed by atoms with E-state index in [-0.39, 0.29) is 22.6 Å². The molecule has 0 spiro atoms. The Kier molecular flexibility index (Phi) is 4.91. The van der Waals surface area contributed by atoms with Crippen LogP contribution in [0.2, 0.25) is 0 Å². The quantitative estimate of drug-likeness (QED) is 0.768. The van der Waals surface area contributed by atoms with E-state index in [0.29, 0.717) is 5.57 Å². The zero-order valence-electron chi connectivity index (χ0n) is 14.3. The summed E-state index contributed by atoms with van der Waals surface area (Å²) in [5, 5.41) is 0. The fourth-order valence-electron chi connectivity index (χ4n) is 3.21. The van der Waals surface area contributed by atoms with Crippen molar-refractivity contribution in [1.82, 2.24) is 4.98 Å². The van der Waals surface area contributed by atoms with Gasteiger partial charge in [0.2, 0.25) is 0 Å². The number of allylic oxidation sites excluding steroid dienone is 2. The summed E-state index contributed by atoms with van der Waals surface area (Å²) in [5.74, 6) is -5.08. The first kappa shape index (κ1) is 18.9. The highest BCUT2D eigenvalue weighted by Gasteiger charge is 2.37. The normalized spacial score (nSPS) is 18.7. The number of rotatable bonds is 3. The lowest BCUT2D eigenvalue weighted by Crippen LogP contribution is -2.25. The number of amides is 1. The Morgan fingerprint density at radius 3 is 2.67 bits per heavy atom. The molecular weight excluding hydrogens is 364 g/mol. The summed E-state index contributed by atoms with van der Waals surface area (Å²) in [6.07, 6.45) is 0.536. The highest BCUT2D eigenvalue weighted by molar-refractivity contribution is 5.83. The number of nitrogens with two attached hydrogens (primary N) is 1. The first-order valence-corrected chi connectivity index (χ1v) is 8.18. The van der Waals surface area contributed by atoms with E-state index in [4.69, 9.17) is 10.5 Å². The SMILES string of the molecule is CC1CC(F)(F)CC=C1c1nccc(-c2cc(F)ccc2F)c1OC(N)=O. The molecule has 1 unspecified atom stereocenters. The minimum absolute atomic E-state index is 0.0428. The van der Waals surface area contributed by atoms with E-state index in [0.717, 1.165) is 18.2 Å². The van der Waals surface area contributed by atoms with Crippen LogP contribution in [0, 0.1) is 17.6 Å².